The van der Waals surface area contributed by atoms with Gasteiger partial charge in [0, 0.05) is 29.4 Å². The summed E-state index contributed by atoms with van der Waals surface area (Å²) in [6.07, 6.45) is 8.91. The van der Waals surface area contributed by atoms with Crippen LogP contribution in [0.15, 0.2) is 60.6 Å². The van der Waals surface area contributed by atoms with Gasteiger partial charge in [-0.05, 0) is 48.2 Å². The van der Waals surface area contributed by atoms with E-state index in [1.165, 1.54) is 7.11 Å². The maximum atomic E-state index is 12.8. The first-order valence-corrected chi connectivity index (χ1v) is 9.59. The second kappa shape index (κ2) is 9.02. The fraction of sp³-hybridized carbons (Fsp3) is 0.158. The lowest BCUT2D eigenvalue weighted by Gasteiger charge is -2.23. The summed E-state index contributed by atoms with van der Waals surface area (Å²) in [6.45, 7) is 0. The van der Waals surface area contributed by atoms with E-state index in [1.807, 2.05) is 18.3 Å². The molecule has 1 aliphatic rings. The number of amides is 1. The number of thioether (sulfide) groups is 1. The average molecular weight is 398 g/mol. The smallest absolute Gasteiger partial charge is 0.254 e. The number of aromatic nitrogens is 1. The van der Waals surface area contributed by atoms with Gasteiger partial charge in [0.2, 0.25) is 0 Å². The monoisotopic (exact) mass is 397 g/mol. The third kappa shape index (κ3) is 4.87. The number of hydrogen-bond donors (Lipinski definition) is 2. The van der Waals surface area contributed by atoms with Crippen LogP contribution in [0.4, 0.5) is 5.69 Å². The zero-order valence-corrected chi connectivity index (χ0v) is 16.2. The number of methoxy groups -OCH3 is 1. The van der Waals surface area contributed by atoms with Crippen molar-refractivity contribution in [1.82, 2.24) is 10.3 Å². The van der Waals surface area contributed by atoms with Crippen LogP contribution in [0, 0.1) is 0 Å². The second-order valence-electron chi connectivity index (χ2n) is 5.72. The summed E-state index contributed by atoms with van der Waals surface area (Å²) in [6, 6.07) is 7.07. The third-order valence-electron chi connectivity index (χ3n) is 3.90. The number of rotatable bonds is 6. The van der Waals surface area contributed by atoms with E-state index in [0.29, 0.717) is 27.5 Å². The summed E-state index contributed by atoms with van der Waals surface area (Å²) < 4.78 is 5.13. The largest absolute Gasteiger partial charge is 0.495 e. The molecule has 0 fully saturated rings. The van der Waals surface area contributed by atoms with Gasteiger partial charge in [0.25, 0.3) is 5.91 Å². The fourth-order valence-electron chi connectivity index (χ4n) is 2.49. The van der Waals surface area contributed by atoms with E-state index in [9.17, 15) is 4.79 Å². The summed E-state index contributed by atoms with van der Waals surface area (Å²) >= 11 is 7.75. The first kappa shape index (κ1) is 19.4. The molecule has 0 saturated heterocycles. The molecule has 1 aromatic heterocycles. The van der Waals surface area contributed by atoms with E-state index >= 15 is 0 Å². The number of anilines is 1. The van der Waals surface area contributed by atoms with Crippen LogP contribution in [0.5, 0.6) is 5.75 Å². The number of halogens is 1. The van der Waals surface area contributed by atoms with Gasteiger partial charge in [-0.25, -0.2) is 0 Å². The topological polar surface area (TPSA) is 63.2 Å². The van der Waals surface area contributed by atoms with E-state index in [1.54, 1.807) is 48.4 Å². The molecular formula is C19H17BClN3O2S. The molecule has 2 radical (unpaired) electrons. The second-order valence-corrected chi connectivity index (χ2v) is 7.22. The van der Waals surface area contributed by atoms with Gasteiger partial charge >= 0.3 is 0 Å². The predicted molar refractivity (Wildman–Crippen MR) is 112 cm³/mol. The van der Waals surface area contributed by atoms with Gasteiger partial charge in [0.05, 0.1) is 12.1 Å². The van der Waals surface area contributed by atoms with Gasteiger partial charge in [-0.2, -0.15) is 0 Å². The fourth-order valence-corrected chi connectivity index (χ4v) is 3.82. The molecule has 0 aliphatic carbocycles. The minimum atomic E-state index is -0.244. The maximum Gasteiger partial charge on any atom is 0.254 e. The maximum absolute atomic E-state index is 12.8. The van der Waals surface area contributed by atoms with Crippen molar-refractivity contribution >= 4 is 48.3 Å². The molecule has 2 N–H and O–H groups in total. The van der Waals surface area contributed by atoms with Gasteiger partial charge in [-0.15, -0.1) is 11.8 Å². The number of nitrogens with one attached hydrogen (secondary N) is 2. The SMILES string of the molecule is [B]c1cc(OC)c(Cl)cc1NC(=O)C1=CC=CNC1SCc1ccncc1. The van der Waals surface area contributed by atoms with Crippen molar-refractivity contribution in [2.24, 2.45) is 0 Å². The lowest BCUT2D eigenvalue weighted by atomic mass is 9.93. The van der Waals surface area contributed by atoms with Gasteiger partial charge in [0.1, 0.15) is 19.0 Å². The number of ether oxygens (including phenoxy) is 1. The van der Waals surface area contributed by atoms with Crippen LogP contribution >= 0.6 is 23.4 Å². The Kier molecular flexibility index (Phi) is 6.47. The Bertz CT molecular complexity index is 890. The number of allylic oxidation sites excluding steroid dienone is 2. The normalized spacial score (nSPS) is 15.6. The highest BCUT2D eigenvalue weighted by atomic mass is 35.5. The van der Waals surface area contributed by atoms with Gasteiger partial charge < -0.3 is 15.4 Å². The molecule has 8 heteroatoms. The molecule has 2 heterocycles. The van der Waals surface area contributed by atoms with Crippen LogP contribution in [0.1, 0.15) is 5.56 Å². The van der Waals surface area contributed by atoms with Crippen LogP contribution < -0.4 is 20.8 Å². The van der Waals surface area contributed by atoms with E-state index in [4.69, 9.17) is 24.2 Å². The summed E-state index contributed by atoms with van der Waals surface area (Å²) in [5.41, 5.74) is 2.56. The van der Waals surface area contributed by atoms with E-state index < -0.39 is 0 Å². The number of carbonyl (C=O) groups is 1. The highest BCUT2D eigenvalue weighted by molar-refractivity contribution is 7.99. The number of hydrogen-bond acceptors (Lipinski definition) is 5. The van der Waals surface area contributed by atoms with Gasteiger partial charge in [0.15, 0.2) is 0 Å². The first-order valence-electron chi connectivity index (χ1n) is 8.16. The molecule has 1 aromatic carbocycles. The summed E-state index contributed by atoms with van der Waals surface area (Å²) in [7, 11) is 7.51. The molecule has 1 aliphatic heterocycles. The van der Waals surface area contributed by atoms with Crippen molar-refractivity contribution in [1.29, 1.82) is 0 Å². The van der Waals surface area contributed by atoms with Crippen molar-refractivity contribution in [2.45, 2.75) is 11.1 Å². The Morgan fingerprint density at radius 3 is 2.93 bits per heavy atom. The van der Waals surface area contributed by atoms with E-state index in [2.05, 4.69) is 15.6 Å². The van der Waals surface area contributed by atoms with Gasteiger partial charge in [-0.3, -0.25) is 9.78 Å². The van der Waals surface area contributed by atoms with Crippen molar-refractivity contribution in [3.05, 3.63) is 71.2 Å². The highest BCUT2D eigenvalue weighted by Gasteiger charge is 2.22. The number of nitrogens with zero attached hydrogens (tertiary/aromatic N) is 1. The molecule has 136 valence electrons. The zero-order valence-electron chi connectivity index (χ0n) is 14.6. The van der Waals surface area contributed by atoms with Crippen LogP contribution in [-0.2, 0) is 10.5 Å². The molecule has 0 saturated carbocycles. The number of dihydropyridines is 1. The summed E-state index contributed by atoms with van der Waals surface area (Å²) in [5, 5.41) is 6.24. The zero-order chi connectivity index (χ0) is 19.2. The minimum absolute atomic E-state index is 0.182. The molecule has 2 aromatic rings. The van der Waals surface area contributed by atoms with Gasteiger partial charge in [-0.1, -0.05) is 17.1 Å². The molecule has 1 atom stereocenters. The Hall–Kier alpha value is -2.38. The highest BCUT2D eigenvalue weighted by Crippen LogP contribution is 2.27. The van der Waals surface area contributed by atoms with Crippen LogP contribution in [0.2, 0.25) is 5.02 Å². The quantitative estimate of drug-likeness (QED) is 0.734. The lowest BCUT2D eigenvalue weighted by Crippen LogP contribution is -2.33. The molecule has 27 heavy (non-hydrogen) atoms. The Balaban J connectivity index is 1.71. The Labute approximate surface area is 168 Å². The van der Waals surface area contributed by atoms with Crippen LogP contribution in [0.3, 0.4) is 0 Å². The lowest BCUT2D eigenvalue weighted by molar-refractivity contribution is -0.113. The van der Waals surface area contributed by atoms with Crippen molar-refractivity contribution < 1.29 is 9.53 Å². The third-order valence-corrected chi connectivity index (χ3v) is 5.42. The average Bonchev–Trinajstić information content (AvgIpc) is 2.69. The standard InChI is InChI=1S/C19H17BClN3O2S/c1-26-17-9-14(20)16(10-15(17)21)24-18(25)13-3-2-6-23-19(13)27-11-12-4-7-22-8-5-12/h2-10,19,23H,11H2,1H3,(H,24,25). The molecule has 5 nitrogen and oxygen atoms in total. The minimum Gasteiger partial charge on any atom is -0.495 e. The predicted octanol–water partition coefficient (Wildman–Crippen LogP) is 2.78. The number of carbonyl (C=O) groups excluding carboxylic acids is 1. The summed E-state index contributed by atoms with van der Waals surface area (Å²) in [4.78, 5) is 16.8. The van der Waals surface area contributed by atoms with Crippen molar-refractivity contribution in [2.75, 3.05) is 12.4 Å². The Morgan fingerprint density at radius 2 is 2.19 bits per heavy atom. The number of pyridine rings is 1. The molecule has 0 bridgehead atoms. The van der Waals surface area contributed by atoms with Crippen molar-refractivity contribution in [3.63, 3.8) is 0 Å². The molecule has 0 spiro atoms. The first-order chi connectivity index (χ1) is 13.1. The molecule has 3 rings (SSSR count). The Morgan fingerprint density at radius 1 is 1.41 bits per heavy atom. The summed E-state index contributed by atoms with van der Waals surface area (Å²) in [5.74, 6) is 0.959. The van der Waals surface area contributed by atoms with Crippen LogP contribution in [-0.4, -0.2) is 31.2 Å². The van der Waals surface area contributed by atoms with Crippen LogP contribution in [0.25, 0.3) is 0 Å². The molecule has 1 unspecified atom stereocenters. The molecule has 1 amide bonds. The molecular weight excluding hydrogens is 381 g/mol. The van der Waals surface area contributed by atoms with Crippen molar-refractivity contribution in [3.8, 4) is 5.75 Å². The van der Waals surface area contributed by atoms with E-state index in [0.717, 1.165) is 11.3 Å². The number of benzene rings is 1. The van der Waals surface area contributed by atoms with E-state index in [-0.39, 0.29) is 11.3 Å².